The van der Waals surface area contributed by atoms with E-state index in [-0.39, 0.29) is 24.8 Å². The van der Waals surface area contributed by atoms with Gasteiger partial charge in [-0.05, 0) is 12.1 Å². The van der Waals surface area contributed by atoms with Crippen molar-refractivity contribution in [1.82, 2.24) is 4.90 Å². The molecule has 0 bridgehead atoms. The van der Waals surface area contributed by atoms with Gasteiger partial charge in [0, 0.05) is 24.9 Å². The van der Waals surface area contributed by atoms with Crippen LogP contribution in [0.15, 0.2) is 29.2 Å². The Morgan fingerprint density at radius 3 is 2.77 bits per heavy atom. The highest BCUT2D eigenvalue weighted by Gasteiger charge is 2.30. The van der Waals surface area contributed by atoms with Gasteiger partial charge in [-0.15, -0.1) is 11.8 Å². The number of carbonyl (C=O) groups excluding carboxylic acids is 2. The zero-order valence-corrected chi connectivity index (χ0v) is 13.2. The molecule has 1 heterocycles. The molecule has 0 fully saturated rings. The minimum atomic E-state index is -0.946. The Balaban J connectivity index is 1.97. The van der Waals surface area contributed by atoms with Gasteiger partial charge >= 0.3 is 5.97 Å². The van der Waals surface area contributed by atoms with Crippen molar-refractivity contribution < 1.29 is 19.5 Å². The van der Waals surface area contributed by atoms with Gasteiger partial charge in [-0.3, -0.25) is 14.4 Å². The number of para-hydroxylation sites is 1. The van der Waals surface area contributed by atoms with Gasteiger partial charge in [0.25, 0.3) is 0 Å². The lowest BCUT2D eigenvalue weighted by Gasteiger charge is -2.26. The van der Waals surface area contributed by atoms with E-state index >= 15 is 0 Å². The normalized spacial score (nSPS) is 18.1. The lowest BCUT2D eigenvalue weighted by Crippen LogP contribution is -2.38. The summed E-state index contributed by atoms with van der Waals surface area (Å²) in [6.45, 7) is 1.67. The van der Waals surface area contributed by atoms with Crippen LogP contribution in [0.5, 0.6) is 0 Å². The SMILES string of the molecule is C[C@H](CN(C)C(=O)C[C@H]1Sc2ccccc2NC1=O)C(=O)O. The molecule has 0 aliphatic carbocycles. The van der Waals surface area contributed by atoms with E-state index < -0.39 is 17.1 Å². The smallest absolute Gasteiger partial charge is 0.308 e. The molecule has 2 amide bonds. The van der Waals surface area contributed by atoms with Gasteiger partial charge in [0.15, 0.2) is 0 Å². The molecule has 118 valence electrons. The van der Waals surface area contributed by atoms with Crippen molar-refractivity contribution in [3.05, 3.63) is 24.3 Å². The zero-order valence-electron chi connectivity index (χ0n) is 12.4. The number of carboxylic acids is 1. The van der Waals surface area contributed by atoms with E-state index in [1.54, 1.807) is 14.0 Å². The van der Waals surface area contributed by atoms with Crippen LogP contribution in [-0.4, -0.2) is 46.6 Å². The Hall–Kier alpha value is -2.02. The Morgan fingerprint density at radius 2 is 2.09 bits per heavy atom. The first-order valence-corrected chi connectivity index (χ1v) is 7.79. The van der Waals surface area contributed by atoms with Crippen LogP contribution < -0.4 is 5.32 Å². The number of hydrogen-bond donors (Lipinski definition) is 2. The summed E-state index contributed by atoms with van der Waals surface area (Å²) in [6, 6.07) is 7.43. The van der Waals surface area contributed by atoms with Crippen LogP contribution >= 0.6 is 11.8 Å². The molecule has 0 unspecified atom stereocenters. The average Bonchev–Trinajstić information content (AvgIpc) is 2.47. The summed E-state index contributed by atoms with van der Waals surface area (Å²) >= 11 is 1.36. The lowest BCUT2D eigenvalue weighted by molar-refractivity contribution is -0.142. The zero-order chi connectivity index (χ0) is 16.3. The number of hydrogen-bond acceptors (Lipinski definition) is 4. The van der Waals surface area contributed by atoms with Crippen molar-refractivity contribution in [3.63, 3.8) is 0 Å². The highest BCUT2D eigenvalue weighted by atomic mass is 32.2. The first-order valence-electron chi connectivity index (χ1n) is 6.91. The molecule has 22 heavy (non-hydrogen) atoms. The number of carbonyl (C=O) groups is 3. The Kier molecular flexibility index (Phi) is 5.07. The number of fused-ring (bicyclic) bond motifs is 1. The van der Waals surface area contributed by atoms with Crippen LogP contribution in [0, 0.1) is 5.92 Å². The number of rotatable bonds is 5. The van der Waals surface area contributed by atoms with Crippen LogP contribution in [0.25, 0.3) is 0 Å². The van der Waals surface area contributed by atoms with Crippen molar-refractivity contribution in [2.45, 2.75) is 23.5 Å². The molecule has 2 atom stereocenters. The number of amides is 2. The first-order chi connectivity index (χ1) is 10.4. The van der Waals surface area contributed by atoms with Gasteiger partial charge in [0.1, 0.15) is 0 Å². The van der Waals surface area contributed by atoms with Crippen molar-refractivity contribution in [2.24, 2.45) is 5.92 Å². The topological polar surface area (TPSA) is 86.7 Å². The largest absolute Gasteiger partial charge is 0.481 e. The first kappa shape index (κ1) is 16.4. The molecular weight excluding hydrogens is 304 g/mol. The molecule has 1 aromatic rings. The monoisotopic (exact) mass is 322 g/mol. The summed E-state index contributed by atoms with van der Waals surface area (Å²) in [5, 5.41) is 11.2. The van der Waals surface area contributed by atoms with Gasteiger partial charge in [-0.2, -0.15) is 0 Å². The van der Waals surface area contributed by atoms with E-state index in [2.05, 4.69) is 5.32 Å². The number of nitrogens with one attached hydrogen (secondary N) is 1. The Bertz CT molecular complexity index is 605. The number of aliphatic carboxylic acids is 1. The van der Waals surface area contributed by atoms with E-state index in [9.17, 15) is 14.4 Å². The van der Waals surface area contributed by atoms with Gasteiger partial charge in [-0.1, -0.05) is 19.1 Å². The molecule has 1 aliphatic rings. The Labute approximate surface area is 132 Å². The third-order valence-electron chi connectivity index (χ3n) is 3.46. The summed E-state index contributed by atoms with van der Waals surface area (Å²) < 4.78 is 0. The standard InChI is InChI=1S/C15H18N2O4S/c1-9(15(20)21)8-17(2)13(18)7-12-14(19)16-10-5-3-4-6-11(10)22-12/h3-6,9,12H,7-8H2,1-2H3,(H,16,19)(H,20,21)/t9-,12-/m1/s1. The molecule has 2 N–H and O–H groups in total. The predicted octanol–water partition coefficient (Wildman–Crippen LogP) is 1.67. The number of benzene rings is 1. The van der Waals surface area contributed by atoms with E-state index in [1.807, 2.05) is 24.3 Å². The second-order valence-electron chi connectivity index (χ2n) is 5.31. The van der Waals surface area contributed by atoms with Gasteiger partial charge in [-0.25, -0.2) is 0 Å². The average molecular weight is 322 g/mol. The van der Waals surface area contributed by atoms with Crippen molar-refractivity contribution >= 4 is 35.2 Å². The molecular formula is C15H18N2O4S. The summed E-state index contributed by atoms with van der Waals surface area (Å²) in [7, 11) is 1.56. The maximum absolute atomic E-state index is 12.2. The second kappa shape index (κ2) is 6.83. The van der Waals surface area contributed by atoms with E-state index in [4.69, 9.17) is 5.11 Å². The van der Waals surface area contributed by atoms with Crippen LogP contribution in [0.2, 0.25) is 0 Å². The summed E-state index contributed by atoms with van der Waals surface area (Å²) in [5.74, 6) is -2.02. The van der Waals surface area contributed by atoms with Crippen molar-refractivity contribution in [2.75, 3.05) is 18.9 Å². The minimum Gasteiger partial charge on any atom is -0.481 e. The van der Waals surface area contributed by atoms with Crippen LogP contribution in [0.1, 0.15) is 13.3 Å². The number of nitrogens with zero attached hydrogens (tertiary/aromatic N) is 1. The van der Waals surface area contributed by atoms with Gasteiger partial charge in [0.2, 0.25) is 11.8 Å². The molecule has 6 nitrogen and oxygen atoms in total. The fourth-order valence-corrected chi connectivity index (χ4v) is 3.23. The van der Waals surface area contributed by atoms with Crippen LogP contribution in [0.4, 0.5) is 5.69 Å². The van der Waals surface area contributed by atoms with Crippen LogP contribution in [-0.2, 0) is 14.4 Å². The van der Waals surface area contributed by atoms with Gasteiger partial charge in [0.05, 0.1) is 16.9 Å². The third kappa shape index (κ3) is 3.79. The van der Waals surface area contributed by atoms with Crippen molar-refractivity contribution in [1.29, 1.82) is 0 Å². The summed E-state index contributed by atoms with van der Waals surface area (Å²) in [5.41, 5.74) is 0.758. The number of anilines is 1. The highest BCUT2D eigenvalue weighted by molar-refractivity contribution is 8.01. The fourth-order valence-electron chi connectivity index (χ4n) is 2.13. The van der Waals surface area contributed by atoms with Gasteiger partial charge < -0.3 is 15.3 Å². The molecule has 1 aliphatic heterocycles. The van der Waals surface area contributed by atoms with E-state index in [0.717, 1.165) is 10.6 Å². The number of carboxylic acid groups (broad SMARTS) is 1. The molecule has 0 aromatic heterocycles. The third-order valence-corrected chi connectivity index (χ3v) is 4.74. The summed E-state index contributed by atoms with van der Waals surface area (Å²) in [4.78, 5) is 37.3. The minimum absolute atomic E-state index is 0.0493. The molecule has 0 saturated carbocycles. The molecule has 1 aromatic carbocycles. The maximum Gasteiger partial charge on any atom is 0.308 e. The quantitative estimate of drug-likeness (QED) is 0.861. The lowest BCUT2D eigenvalue weighted by atomic mass is 10.1. The fraction of sp³-hybridized carbons (Fsp3) is 0.400. The predicted molar refractivity (Wildman–Crippen MR) is 83.8 cm³/mol. The molecule has 0 saturated heterocycles. The maximum atomic E-state index is 12.2. The molecule has 2 rings (SSSR count). The highest BCUT2D eigenvalue weighted by Crippen LogP contribution is 2.36. The molecule has 0 radical (unpaired) electrons. The molecule has 0 spiro atoms. The van der Waals surface area contributed by atoms with E-state index in [1.165, 1.54) is 16.7 Å². The van der Waals surface area contributed by atoms with Crippen LogP contribution in [0.3, 0.4) is 0 Å². The second-order valence-corrected chi connectivity index (χ2v) is 6.55. The molecule has 7 heteroatoms. The number of thioether (sulfide) groups is 1. The van der Waals surface area contributed by atoms with Crippen molar-refractivity contribution in [3.8, 4) is 0 Å². The Morgan fingerprint density at radius 1 is 1.41 bits per heavy atom. The van der Waals surface area contributed by atoms with E-state index in [0.29, 0.717) is 0 Å². The summed E-state index contributed by atoms with van der Waals surface area (Å²) in [6.07, 6.45) is 0.0493.